The quantitative estimate of drug-likeness (QED) is 0.899. The fourth-order valence-electron chi connectivity index (χ4n) is 3.16. The summed E-state index contributed by atoms with van der Waals surface area (Å²) < 4.78 is 2.20. The summed E-state index contributed by atoms with van der Waals surface area (Å²) >= 11 is 0. The highest BCUT2D eigenvalue weighted by molar-refractivity contribution is 5.05. The van der Waals surface area contributed by atoms with Crippen molar-refractivity contribution in [1.29, 1.82) is 0 Å². The van der Waals surface area contributed by atoms with Gasteiger partial charge in [-0.25, -0.2) is 0 Å². The minimum Gasteiger partial charge on any atom is -0.308 e. The van der Waals surface area contributed by atoms with Gasteiger partial charge in [0.1, 0.15) is 0 Å². The lowest BCUT2D eigenvalue weighted by Crippen LogP contribution is -2.34. The third-order valence-electron chi connectivity index (χ3n) is 4.01. The highest BCUT2D eigenvalue weighted by Gasteiger charge is 2.25. The zero-order valence-corrected chi connectivity index (χ0v) is 13.1. The van der Waals surface area contributed by atoms with Crippen LogP contribution in [0.25, 0.3) is 0 Å². The molecule has 0 aromatic carbocycles. The first kappa shape index (κ1) is 14.6. The van der Waals surface area contributed by atoms with Crippen LogP contribution in [-0.4, -0.2) is 15.3 Å². The molecule has 2 rings (SSSR count). The van der Waals surface area contributed by atoms with Crippen molar-refractivity contribution >= 4 is 0 Å². The molecule has 0 aliphatic heterocycles. The van der Waals surface area contributed by atoms with E-state index in [9.17, 15) is 0 Å². The number of nitrogens with one attached hydrogen (secondary N) is 1. The number of hydrogen-bond acceptors (Lipinski definition) is 2. The largest absolute Gasteiger partial charge is 0.308 e. The normalized spacial score (nSPS) is 28.6. The summed E-state index contributed by atoms with van der Waals surface area (Å²) in [5, 5.41) is 8.10. The molecule has 0 spiro atoms. The Morgan fingerprint density at radius 1 is 1.21 bits per heavy atom. The zero-order valence-electron chi connectivity index (χ0n) is 13.1. The molecule has 1 aromatic heterocycles. The molecule has 1 aromatic rings. The molecule has 1 heterocycles. The molecule has 1 fully saturated rings. The van der Waals surface area contributed by atoms with Crippen LogP contribution in [0.3, 0.4) is 0 Å². The molecule has 19 heavy (non-hydrogen) atoms. The van der Waals surface area contributed by atoms with E-state index in [4.69, 9.17) is 0 Å². The van der Waals surface area contributed by atoms with E-state index in [0.29, 0.717) is 6.04 Å². The first-order valence-electron chi connectivity index (χ1n) is 7.61. The Morgan fingerprint density at radius 3 is 2.42 bits per heavy atom. The van der Waals surface area contributed by atoms with Gasteiger partial charge in [-0.1, -0.05) is 13.8 Å². The lowest BCUT2D eigenvalue weighted by atomic mass is 9.80. The van der Waals surface area contributed by atoms with Crippen molar-refractivity contribution in [2.45, 2.75) is 72.0 Å². The summed E-state index contributed by atoms with van der Waals surface area (Å²) in [6, 6.07) is 0.599. The summed E-state index contributed by atoms with van der Waals surface area (Å²) in [5.41, 5.74) is 1.46. The van der Waals surface area contributed by atoms with Crippen molar-refractivity contribution in [3.8, 4) is 0 Å². The second-order valence-electron chi connectivity index (χ2n) is 7.50. The molecular weight excluding hydrogens is 234 g/mol. The minimum atomic E-state index is 0.163. The molecule has 1 saturated carbocycles. The van der Waals surface area contributed by atoms with Crippen LogP contribution in [-0.2, 0) is 6.54 Å². The highest BCUT2D eigenvalue weighted by atomic mass is 15.3. The van der Waals surface area contributed by atoms with E-state index >= 15 is 0 Å². The van der Waals surface area contributed by atoms with Gasteiger partial charge in [0.15, 0.2) is 0 Å². The third kappa shape index (κ3) is 4.34. The fraction of sp³-hybridized carbons (Fsp3) is 0.812. The second kappa shape index (κ2) is 5.66. The SMILES string of the molecule is CC1CC(C)CC(n2cc(CNC(C)(C)C)cn2)C1. The Hall–Kier alpha value is -0.830. The maximum atomic E-state index is 4.59. The number of rotatable bonds is 3. The maximum Gasteiger partial charge on any atom is 0.0534 e. The topological polar surface area (TPSA) is 29.9 Å². The monoisotopic (exact) mass is 263 g/mol. The van der Waals surface area contributed by atoms with Crippen molar-refractivity contribution in [3.05, 3.63) is 18.0 Å². The van der Waals surface area contributed by atoms with E-state index in [0.717, 1.165) is 18.4 Å². The van der Waals surface area contributed by atoms with Gasteiger partial charge in [-0.2, -0.15) is 5.10 Å². The van der Waals surface area contributed by atoms with E-state index in [1.807, 2.05) is 6.20 Å². The van der Waals surface area contributed by atoms with E-state index in [2.05, 4.69) is 55.9 Å². The Morgan fingerprint density at radius 2 is 1.84 bits per heavy atom. The van der Waals surface area contributed by atoms with Gasteiger partial charge >= 0.3 is 0 Å². The molecule has 0 amide bonds. The smallest absolute Gasteiger partial charge is 0.0534 e. The Kier molecular flexibility index (Phi) is 4.34. The predicted molar refractivity (Wildman–Crippen MR) is 80.0 cm³/mol. The van der Waals surface area contributed by atoms with Gasteiger partial charge in [0.05, 0.1) is 12.2 Å². The molecule has 0 radical (unpaired) electrons. The van der Waals surface area contributed by atoms with Crippen LogP contribution in [0.5, 0.6) is 0 Å². The van der Waals surface area contributed by atoms with Crippen molar-refractivity contribution in [2.24, 2.45) is 11.8 Å². The van der Waals surface area contributed by atoms with Gasteiger partial charge < -0.3 is 5.32 Å². The number of hydrogen-bond donors (Lipinski definition) is 1. The molecule has 1 N–H and O–H groups in total. The Balaban J connectivity index is 1.96. The Bertz CT molecular complexity index is 392. The van der Waals surface area contributed by atoms with Crippen molar-refractivity contribution in [3.63, 3.8) is 0 Å². The lowest BCUT2D eigenvalue weighted by molar-refractivity contribution is 0.210. The van der Waals surface area contributed by atoms with E-state index < -0.39 is 0 Å². The Labute approximate surface area is 117 Å². The van der Waals surface area contributed by atoms with Crippen LogP contribution in [0.1, 0.15) is 65.5 Å². The molecule has 1 aliphatic carbocycles. The van der Waals surface area contributed by atoms with E-state index in [-0.39, 0.29) is 5.54 Å². The number of nitrogens with zero attached hydrogens (tertiary/aromatic N) is 2. The molecule has 1 aliphatic rings. The lowest BCUT2D eigenvalue weighted by Gasteiger charge is -2.31. The van der Waals surface area contributed by atoms with Crippen molar-refractivity contribution in [2.75, 3.05) is 0 Å². The highest BCUT2D eigenvalue weighted by Crippen LogP contribution is 2.35. The van der Waals surface area contributed by atoms with Gasteiger partial charge in [-0.3, -0.25) is 4.68 Å². The van der Waals surface area contributed by atoms with Crippen LogP contribution < -0.4 is 5.32 Å². The van der Waals surface area contributed by atoms with Crippen LogP contribution in [0.4, 0.5) is 0 Å². The first-order chi connectivity index (χ1) is 8.83. The van der Waals surface area contributed by atoms with Gasteiger partial charge in [0.2, 0.25) is 0 Å². The van der Waals surface area contributed by atoms with Gasteiger partial charge in [-0.15, -0.1) is 0 Å². The summed E-state index contributed by atoms with van der Waals surface area (Å²) in [5.74, 6) is 1.66. The average Bonchev–Trinajstić information content (AvgIpc) is 2.72. The molecule has 2 atom stereocenters. The average molecular weight is 263 g/mol. The number of aromatic nitrogens is 2. The molecule has 108 valence electrons. The molecule has 2 unspecified atom stereocenters. The van der Waals surface area contributed by atoms with Crippen molar-refractivity contribution in [1.82, 2.24) is 15.1 Å². The standard InChI is InChI=1S/C16H29N3/c1-12-6-13(2)8-15(7-12)19-11-14(10-18-19)9-17-16(3,4)5/h10-13,15,17H,6-9H2,1-5H3. The molecule has 0 bridgehead atoms. The molecule has 3 nitrogen and oxygen atoms in total. The molecule has 0 saturated heterocycles. The predicted octanol–water partition coefficient (Wildman–Crippen LogP) is 3.77. The minimum absolute atomic E-state index is 0.163. The van der Waals surface area contributed by atoms with E-state index in [1.54, 1.807) is 0 Å². The summed E-state index contributed by atoms with van der Waals surface area (Å²) in [4.78, 5) is 0. The van der Waals surface area contributed by atoms with E-state index in [1.165, 1.54) is 24.8 Å². The summed E-state index contributed by atoms with van der Waals surface area (Å²) in [6.45, 7) is 12.2. The van der Waals surface area contributed by atoms with Crippen LogP contribution in [0.2, 0.25) is 0 Å². The van der Waals surface area contributed by atoms with Gasteiger partial charge in [-0.05, 0) is 51.9 Å². The van der Waals surface area contributed by atoms with Crippen molar-refractivity contribution < 1.29 is 0 Å². The fourth-order valence-corrected chi connectivity index (χ4v) is 3.16. The van der Waals surface area contributed by atoms with Crippen LogP contribution in [0.15, 0.2) is 12.4 Å². The first-order valence-corrected chi connectivity index (χ1v) is 7.61. The second-order valence-corrected chi connectivity index (χ2v) is 7.50. The maximum absolute atomic E-state index is 4.59. The van der Waals surface area contributed by atoms with Gasteiger partial charge in [0, 0.05) is 23.8 Å². The van der Waals surface area contributed by atoms with Crippen LogP contribution >= 0.6 is 0 Å². The zero-order chi connectivity index (χ0) is 14.0. The summed E-state index contributed by atoms with van der Waals surface area (Å²) in [6.07, 6.45) is 8.17. The molecule has 3 heteroatoms. The van der Waals surface area contributed by atoms with Gasteiger partial charge in [0.25, 0.3) is 0 Å². The summed E-state index contributed by atoms with van der Waals surface area (Å²) in [7, 11) is 0. The third-order valence-corrected chi connectivity index (χ3v) is 4.01. The van der Waals surface area contributed by atoms with Crippen LogP contribution in [0, 0.1) is 11.8 Å². The molecular formula is C16H29N3.